The van der Waals surface area contributed by atoms with Crippen LogP contribution in [-0.2, 0) is 0 Å². The molecule has 0 saturated heterocycles. The van der Waals surface area contributed by atoms with Crippen LogP contribution in [0.15, 0.2) is 72.9 Å². The molecule has 0 fully saturated rings. The summed E-state index contributed by atoms with van der Waals surface area (Å²) in [5.41, 5.74) is 8.73. The lowest BCUT2D eigenvalue weighted by atomic mass is 9.94. The third-order valence-corrected chi connectivity index (χ3v) is 6.47. The summed E-state index contributed by atoms with van der Waals surface area (Å²) in [7, 11) is 4.00. The smallest absolute Gasteiger partial charge is 0.171 e. The molecule has 1 aromatic heterocycles. The van der Waals surface area contributed by atoms with Gasteiger partial charge in [-0.2, -0.15) is 0 Å². The van der Waals surface area contributed by atoms with Gasteiger partial charge in [-0.05, 0) is 51.4 Å². The summed E-state index contributed by atoms with van der Waals surface area (Å²) in [6.07, 6.45) is 1.81. The summed E-state index contributed by atoms with van der Waals surface area (Å²) in [6, 6.07) is 19.4. The van der Waals surface area contributed by atoms with Crippen molar-refractivity contribution in [2.24, 2.45) is 11.1 Å². The average Bonchev–Trinajstić information content (AvgIpc) is 3.42. The summed E-state index contributed by atoms with van der Waals surface area (Å²) >= 11 is 0. The molecule has 5 N–H and O–H groups in total. The number of aromatic nitrogens is 2. The second kappa shape index (κ2) is 12.9. The molecule has 1 unspecified atom stereocenters. The van der Waals surface area contributed by atoms with Crippen molar-refractivity contribution >= 4 is 11.5 Å². The van der Waals surface area contributed by atoms with Crippen molar-refractivity contribution in [3.05, 3.63) is 95.7 Å². The van der Waals surface area contributed by atoms with E-state index >= 15 is 4.39 Å². The van der Waals surface area contributed by atoms with Gasteiger partial charge in [0.05, 0.1) is 18.9 Å². The van der Waals surface area contributed by atoms with Crippen LogP contribution in [0.25, 0.3) is 11.3 Å². The van der Waals surface area contributed by atoms with Crippen LogP contribution in [0.3, 0.4) is 0 Å². The Hall–Kier alpha value is -4.37. The number of H-pyrrole nitrogens is 1. The van der Waals surface area contributed by atoms with E-state index in [1.54, 1.807) is 36.4 Å². The van der Waals surface area contributed by atoms with Gasteiger partial charge in [-0.15, -0.1) is 0 Å². The molecular formula is C32H39FN6O2. The number of hydrogen-bond donors (Lipinski definition) is 4. The Labute approximate surface area is 241 Å². The topological polar surface area (TPSA) is 112 Å². The van der Waals surface area contributed by atoms with Crippen LogP contribution in [0.2, 0.25) is 0 Å². The van der Waals surface area contributed by atoms with Crippen molar-refractivity contribution in [1.82, 2.24) is 14.9 Å². The van der Waals surface area contributed by atoms with Gasteiger partial charge in [-0.3, -0.25) is 5.41 Å². The van der Waals surface area contributed by atoms with Gasteiger partial charge in [0.1, 0.15) is 23.5 Å². The molecule has 0 aliphatic carbocycles. The fraction of sp³-hybridized carbons (Fsp3) is 0.312. The van der Waals surface area contributed by atoms with Crippen molar-refractivity contribution in [1.29, 1.82) is 5.41 Å². The Morgan fingerprint density at radius 1 is 1.10 bits per heavy atom. The molecule has 0 bridgehead atoms. The summed E-state index contributed by atoms with van der Waals surface area (Å²) in [4.78, 5) is 10.2. The summed E-state index contributed by atoms with van der Waals surface area (Å²) in [5, 5.41) is 11.1. The van der Waals surface area contributed by atoms with Crippen LogP contribution in [0.5, 0.6) is 11.5 Å². The number of hydrogen-bond acceptors (Lipinski definition) is 6. The number of amidine groups is 1. The fourth-order valence-electron chi connectivity index (χ4n) is 4.78. The van der Waals surface area contributed by atoms with Crippen LogP contribution in [0, 0.1) is 16.6 Å². The second-order valence-electron chi connectivity index (χ2n) is 11.1. The van der Waals surface area contributed by atoms with E-state index in [0.717, 1.165) is 17.8 Å². The predicted molar refractivity (Wildman–Crippen MR) is 162 cm³/mol. The van der Waals surface area contributed by atoms with Crippen LogP contribution in [-0.4, -0.2) is 54.6 Å². The highest BCUT2D eigenvalue weighted by Crippen LogP contribution is 2.36. The van der Waals surface area contributed by atoms with Gasteiger partial charge < -0.3 is 30.4 Å². The number of benzene rings is 3. The first-order valence-electron chi connectivity index (χ1n) is 13.6. The third kappa shape index (κ3) is 7.64. The van der Waals surface area contributed by atoms with Crippen molar-refractivity contribution in [3.63, 3.8) is 0 Å². The lowest BCUT2D eigenvalue weighted by molar-refractivity contribution is 0.137. The molecule has 0 radical (unpaired) electrons. The number of nitrogen functional groups attached to an aromatic ring is 1. The Kier molecular flexibility index (Phi) is 9.29. The number of nitrogens with zero attached hydrogens (tertiary/aromatic N) is 2. The maximum atomic E-state index is 16.4. The largest absolute Gasteiger partial charge is 0.494 e. The molecule has 0 aliphatic heterocycles. The highest BCUT2D eigenvalue weighted by molar-refractivity contribution is 5.95. The van der Waals surface area contributed by atoms with Crippen LogP contribution >= 0.6 is 0 Å². The normalized spacial score (nSPS) is 12.3. The van der Waals surface area contributed by atoms with E-state index in [9.17, 15) is 0 Å². The minimum absolute atomic E-state index is 0.0268. The van der Waals surface area contributed by atoms with Gasteiger partial charge in [0.15, 0.2) is 11.6 Å². The van der Waals surface area contributed by atoms with Crippen LogP contribution in [0.4, 0.5) is 10.1 Å². The Morgan fingerprint density at radius 2 is 1.80 bits per heavy atom. The molecular weight excluding hydrogens is 519 g/mol. The van der Waals surface area contributed by atoms with Gasteiger partial charge in [0.2, 0.25) is 0 Å². The fourth-order valence-corrected chi connectivity index (χ4v) is 4.78. The maximum absolute atomic E-state index is 16.4. The second-order valence-corrected chi connectivity index (χ2v) is 11.1. The monoisotopic (exact) mass is 558 g/mol. The zero-order valence-corrected chi connectivity index (χ0v) is 24.3. The first kappa shape index (κ1) is 29.6. The number of rotatable bonds is 13. The molecule has 0 spiro atoms. The zero-order chi connectivity index (χ0) is 29.6. The third-order valence-electron chi connectivity index (χ3n) is 6.47. The van der Waals surface area contributed by atoms with E-state index in [1.165, 1.54) is 0 Å². The highest BCUT2D eigenvalue weighted by Gasteiger charge is 2.27. The van der Waals surface area contributed by atoms with Crippen molar-refractivity contribution in [2.75, 3.05) is 39.2 Å². The molecule has 0 amide bonds. The number of anilines is 1. The molecule has 3 aromatic carbocycles. The molecule has 4 aromatic rings. The van der Waals surface area contributed by atoms with Gasteiger partial charge >= 0.3 is 0 Å². The number of ether oxygens (including phenoxy) is 2. The van der Waals surface area contributed by atoms with Crippen molar-refractivity contribution in [3.8, 4) is 22.8 Å². The average molecular weight is 559 g/mol. The van der Waals surface area contributed by atoms with E-state index < -0.39 is 11.9 Å². The van der Waals surface area contributed by atoms with Crippen LogP contribution in [0.1, 0.15) is 43.8 Å². The number of nitrogens with one attached hydrogen (secondary N) is 3. The van der Waals surface area contributed by atoms with Gasteiger partial charge in [-0.1, -0.05) is 44.2 Å². The van der Waals surface area contributed by atoms with E-state index in [4.69, 9.17) is 25.6 Å². The molecule has 41 heavy (non-hydrogen) atoms. The van der Waals surface area contributed by atoms with E-state index in [-0.39, 0.29) is 17.0 Å². The maximum Gasteiger partial charge on any atom is 0.171 e. The summed E-state index contributed by atoms with van der Waals surface area (Å²) < 4.78 is 28.3. The lowest BCUT2D eigenvalue weighted by Gasteiger charge is -2.28. The van der Waals surface area contributed by atoms with Gasteiger partial charge in [0.25, 0.3) is 0 Å². The Balaban J connectivity index is 1.77. The molecule has 4 rings (SSSR count). The first-order chi connectivity index (χ1) is 19.6. The molecule has 1 atom stereocenters. The number of imidazole rings is 1. The predicted octanol–water partition coefficient (Wildman–Crippen LogP) is 6.07. The minimum atomic E-state index is -0.715. The van der Waals surface area contributed by atoms with Gasteiger partial charge in [0, 0.05) is 46.6 Å². The molecule has 0 saturated carbocycles. The summed E-state index contributed by atoms with van der Waals surface area (Å²) in [6.45, 7) is 7.57. The van der Waals surface area contributed by atoms with E-state index in [0.29, 0.717) is 41.6 Å². The van der Waals surface area contributed by atoms with Crippen molar-refractivity contribution < 1.29 is 13.9 Å². The Morgan fingerprint density at radius 3 is 2.44 bits per heavy atom. The SMILES string of the molecule is CCOc1cc(OCC(C)(C)CN(C)C)c(F)c(C(Nc2ccc(C(=N)N)cc2)c2nc(-c3ccccc3)c[nH]2)c1. The number of aromatic amines is 1. The van der Waals surface area contributed by atoms with Crippen molar-refractivity contribution in [2.45, 2.75) is 26.8 Å². The summed E-state index contributed by atoms with van der Waals surface area (Å²) in [5.74, 6) is 0.612. The Bertz CT molecular complexity index is 1450. The lowest BCUT2D eigenvalue weighted by Crippen LogP contribution is -2.33. The highest BCUT2D eigenvalue weighted by atomic mass is 19.1. The van der Waals surface area contributed by atoms with E-state index in [1.807, 2.05) is 57.5 Å². The van der Waals surface area contributed by atoms with Gasteiger partial charge in [-0.25, -0.2) is 9.37 Å². The molecule has 0 aliphatic rings. The molecule has 1 heterocycles. The first-order valence-corrected chi connectivity index (χ1v) is 13.6. The molecule has 8 nitrogen and oxygen atoms in total. The zero-order valence-electron chi connectivity index (χ0n) is 24.3. The number of halogens is 1. The van der Waals surface area contributed by atoms with E-state index in [2.05, 4.69) is 29.0 Å². The quantitative estimate of drug-likeness (QED) is 0.117. The molecule has 9 heteroatoms. The minimum Gasteiger partial charge on any atom is -0.494 e. The number of nitrogens with two attached hydrogens (primary N) is 1. The van der Waals surface area contributed by atoms with Crippen LogP contribution < -0.4 is 20.5 Å². The molecule has 216 valence electrons. The standard InChI is InChI=1S/C32H39FN6O2/c1-6-40-24-16-25(28(33)27(17-24)41-20-32(2,3)19-39(4)5)29(37-23-14-12-22(13-15-23)30(34)35)31-36-18-26(38-31)21-10-8-7-9-11-21/h7-18,29,37H,6,19-20H2,1-5H3,(H3,34,35)(H,36,38).